The van der Waals surface area contributed by atoms with Crippen molar-refractivity contribution in [1.82, 2.24) is 5.32 Å². The minimum atomic E-state index is -0.426. The van der Waals surface area contributed by atoms with E-state index in [-0.39, 0.29) is 6.10 Å². The van der Waals surface area contributed by atoms with E-state index in [1.54, 1.807) is 0 Å². The molecule has 0 aliphatic carbocycles. The maximum Gasteiger partial charge on any atom is 0.0897 e. The molecule has 0 aromatic rings. The fraction of sp³-hybridized carbons (Fsp3) is 1.00. The van der Waals surface area contributed by atoms with Crippen LogP contribution in [0.3, 0.4) is 0 Å². The summed E-state index contributed by atoms with van der Waals surface area (Å²) >= 11 is 0. The van der Waals surface area contributed by atoms with Gasteiger partial charge in [-0.3, -0.25) is 0 Å². The second kappa shape index (κ2) is 13.3. The summed E-state index contributed by atoms with van der Waals surface area (Å²) in [7, 11) is 0. The first-order valence-corrected chi connectivity index (χ1v) is 7.28. The van der Waals surface area contributed by atoms with Crippen LogP contribution in [-0.2, 0) is 9.47 Å². The number of aliphatic hydroxyl groups is 1. The molecule has 0 heterocycles. The zero-order valence-electron chi connectivity index (χ0n) is 12.3. The van der Waals surface area contributed by atoms with Gasteiger partial charge in [-0.15, -0.1) is 0 Å². The Hall–Kier alpha value is -0.160. The highest BCUT2D eigenvalue weighted by Gasteiger charge is 2.05. The summed E-state index contributed by atoms with van der Waals surface area (Å²) in [6.45, 7) is 9.43. The van der Waals surface area contributed by atoms with E-state index in [4.69, 9.17) is 9.47 Å². The summed E-state index contributed by atoms with van der Waals surface area (Å²) in [5.74, 6) is 0. The van der Waals surface area contributed by atoms with Gasteiger partial charge >= 0.3 is 0 Å². The van der Waals surface area contributed by atoms with Gasteiger partial charge in [0.15, 0.2) is 0 Å². The van der Waals surface area contributed by atoms with Crippen molar-refractivity contribution in [2.45, 2.75) is 58.7 Å². The van der Waals surface area contributed by atoms with Crippen molar-refractivity contribution in [2.75, 3.05) is 32.9 Å². The number of ether oxygens (including phenoxy) is 2. The number of unbranched alkanes of at least 4 members (excludes halogenated alkanes) is 3. The lowest BCUT2D eigenvalue weighted by Crippen LogP contribution is -2.35. The normalized spacial score (nSPS) is 14.7. The summed E-state index contributed by atoms with van der Waals surface area (Å²) in [4.78, 5) is 0. The van der Waals surface area contributed by atoms with Crippen LogP contribution in [-0.4, -0.2) is 50.2 Å². The molecule has 0 saturated carbocycles. The quantitative estimate of drug-likeness (QED) is 0.498. The molecule has 0 aliphatic heterocycles. The van der Waals surface area contributed by atoms with Crippen LogP contribution < -0.4 is 5.32 Å². The standard InChI is InChI=1S/C14H31NO3/c1-4-6-7-8-9-17-12-14(16)11-15-10-13(3)18-5-2/h13-16H,4-12H2,1-3H3. The van der Waals surface area contributed by atoms with Crippen molar-refractivity contribution in [3.8, 4) is 0 Å². The van der Waals surface area contributed by atoms with Crippen LogP contribution in [0.25, 0.3) is 0 Å². The molecule has 0 bridgehead atoms. The van der Waals surface area contributed by atoms with E-state index in [0.717, 1.165) is 26.2 Å². The SMILES string of the molecule is CCCCCCOCC(O)CNCC(C)OCC. The van der Waals surface area contributed by atoms with Gasteiger partial charge in [0.25, 0.3) is 0 Å². The first kappa shape index (κ1) is 17.8. The molecule has 0 radical (unpaired) electrons. The minimum Gasteiger partial charge on any atom is -0.389 e. The van der Waals surface area contributed by atoms with Gasteiger partial charge in [0.1, 0.15) is 0 Å². The van der Waals surface area contributed by atoms with Gasteiger partial charge in [-0.1, -0.05) is 26.2 Å². The Labute approximate surface area is 112 Å². The molecular weight excluding hydrogens is 230 g/mol. The summed E-state index contributed by atoms with van der Waals surface area (Å²) in [5, 5.41) is 12.8. The van der Waals surface area contributed by atoms with Gasteiger partial charge in [-0.05, 0) is 20.3 Å². The van der Waals surface area contributed by atoms with Crippen LogP contribution in [0.1, 0.15) is 46.5 Å². The van der Waals surface area contributed by atoms with E-state index in [9.17, 15) is 5.11 Å². The van der Waals surface area contributed by atoms with Crippen molar-refractivity contribution in [2.24, 2.45) is 0 Å². The molecule has 0 aromatic carbocycles. The van der Waals surface area contributed by atoms with Crippen LogP contribution in [0, 0.1) is 0 Å². The summed E-state index contributed by atoms with van der Waals surface area (Å²) in [6, 6.07) is 0. The first-order chi connectivity index (χ1) is 8.70. The van der Waals surface area contributed by atoms with Crippen molar-refractivity contribution in [3.63, 3.8) is 0 Å². The molecule has 4 heteroatoms. The first-order valence-electron chi connectivity index (χ1n) is 7.28. The number of hydrogen-bond acceptors (Lipinski definition) is 4. The zero-order chi connectivity index (χ0) is 13.6. The zero-order valence-corrected chi connectivity index (χ0v) is 12.3. The van der Waals surface area contributed by atoms with Crippen molar-refractivity contribution < 1.29 is 14.6 Å². The van der Waals surface area contributed by atoms with E-state index in [2.05, 4.69) is 12.2 Å². The summed E-state index contributed by atoms with van der Waals surface area (Å²) in [5.41, 5.74) is 0. The third-order valence-electron chi connectivity index (χ3n) is 2.72. The van der Waals surface area contributed by atoms with Gasteiger partial charge < -0.3 is 19.9 Å². The van der Waals surface area contributed by atoms with Crippen molar-refractivity contribution in [3.05, 3.63) is 0 Å². The van der Waals surface area contributed by atoms with E-state index in [1.165, 1.54) is 19.3 Å². The van der Waals surface area contributed by atoms with Gasteiger partial charge in [0, 0.05) is 26.3 Å². The Bertz CT molecular complexity index is 167. The Morgan fingerprint density at radius 3 is 2.56 bits per heavy atom. The average Bonchev–Trinajstić information content (AvgIpc) is 2.34. The highest BCUT2D eigenvalue weighted by Crippen LogP contribution is 1.99. The van der Waals surface area contributed by atoms with E-state index >= 15 is 0 Å². The molecule has 0 saturated heterocycles. The number of rotatable bonds is 13. The van der Waals surface area contributed by atoms with Crippen molar-refractivity contribution in [1.29, 1.82) is 0 Å². The molecule has 18 heavy (non-hydrogen) atoms. The van der Waals surface area contributed by atoms with Gasteiger partial charge in [0.2, 0.25) is 0 Å². The maximum absolute atomic E-state index is 9.67. The fourth-order valence-electron chi connectivity index (χ4n) is 1.71. The lowest BCUT2D eigenvalue weighted by atomic mass is 10.2. The third-order valence-corrected chi connectivity index (χ3v) is 2.72. The van der Waals surface area contributed by atoms with Crippen LogP contribution >= 0.6 is 0 Å². The molecule has 4 nitrogen and oxygen atoms in total. The molecule has 2 unspecified atom stereocenters. The van der Waals surface area contributed by atoms with Crippen LogP contribution in [0.5, 0.6) is 0 Å². The van der Waals surface area contributed by atoms with E-state index < -0.39 is 6.10 Å². The number of hydrogen-bond donors (Lipinski definition) is 2. The summed E-state index contributed by atoms with van der Waals surface area (Å²) in [6.07, 6.45) is 4.58. The average molecular weight is 261 g/mol. The lowest BCUT2D eigenvalue weighted by molar-refractivity contribution is 0.0308. The Morgan fingerprint density at radius 2 is 1.89 bits per heavy atom. The molecule has 0 rings (SSSR count). The molecular formula is C14H31NO3. The van der Waals surface area contributed by atoms with Gasteiger partial charge in [0.05, 0.1) is 18.8 Å². The topological polar surface area (TPSA) is 50.7 Å². The summed E-state index contributed by atoms with van der Waals surface area (Å²) < 4.78 is 10.8. The molecule has 0 aliphatic rings. The molecule has 110 valence electrons. The second-order valence-electron chi connectivity index (χ2n) is 4.71. The van der Waals surface area contributed by atoms with Gasteiger partial charge in [-0.25, -0.2) is 0 Å². The number of nitrogens with one attached hydrogen (secondary N) is 1. The monoisotopic (exact) mass is 261 g/mol. The van der Waals surface area contributed by atoms with E-state index in [0.29, 0.717) is 13.2 Å². The van der Waals surface area contributed by atoms with Crippen LogP contribution in [0.15, 0.2) is 0 Å². The maximum atomic E-state index is 9.67. The lowest BCUT2D eigenvalue weighted by Gasteiger charge is -2.15. The molecule has 0 fully saturated rings. The Morgan fingerprint density at radius 1 is 1.11 bits per heavy atom. The van der Waals surface area contributed by atoms with Crippen molar-refractivity contribution >= 4 is 0 Å². The fourth-order valence-corrected chi connectivity index (χ4v) is 1.71. The van der Waals surface area contributed by atoms with Crippen LogP contribution in [0.2, 0.25) is 0 Å². The smallest absolute Gasteiger partial charge is 0.0897 e. The van der Waals surface area contributed by atoms with Crippen LogP contribution in [0.4, 0.5) is 0 Å². The molecule has 0 aromatic heterocycles. The Kier molecular flexibility index (Phi) is 13.2. The Balaban J connectivity index is 3.24. The highest BCUT2D eigenvalue weighted by atomic mass is 16.5. The van der Waals surface area contributed by atoms with Gasteiger partial charge in [-0.2, -0.15) is 0 Å². The molecule has 2 atom stereocenters. The third kappa shape index (κ3) is 12.3. The molecule has 0 amide bonds. The predicted molar refractivity (Wildman–Crippen MR) is 74.9 cm³/mol. The largest absolute Gasteiger partial charge is 0.389 e. The predicted octanol–water partition coefficient (Wildman–Crippen LogP) is 1.96. The number of aliphatic hydroxyl groups excluding tert-OH is 1. The highest BCUT2D eigenvalue weighted by molar-refractivity contribution is 4.61. The second-order valence-corrected chi connectivity index (χ2v) is 4.71. The molecule has 0 spiro atoms. The van der Waals surface area contributed by atoms with E-state index in [1.807, 2.05) is 13.8 Å². The molecule has 2 N–H and O–H groups in total. The minimum absolute atomic E-state index is 0.192.